The van der Waals surface area contributed by atoms with Gasteiger partial charge in [0.1, 0.15) is 5.75 Å². The van der Waals surface area contributed by atoms with Crippen LogP contribution in [0.4, 0.5) is 11.4 Å². The van der Waals surface area contributed by atoms with Gasteiger partial charge in [-0.15, -0.1) is 0 Å². The van der Waals surface area contributed by atoms with E-state index in [4.69, 9.17) is 10.5 Å². The molecule has 1 amide bonds. The topological polar surface area (TPSA) is 64.3 Å². The largest absolute Gasteiger partial charge is 0.483 e. The van der Waals surface area contributed by atoms with E-state index in [2.05, 4.69) is 37.2 Å². The summed E-state index contributed by atoms with van der Waals surface area (Å²) < 4.78 is 7.18. The number of carbonyl (C=O) groups is 1. The molecule has 3 N–H and O–H groups in total. The summed E-state index contributed by atoms with van der Waals surface area (Å²) in [5.41, 5.74) is 8.07. The zero-order valence-corrected chi connectivity index (χ0v) is 14.5. The van der Waals surface area contributed by atoms with Crippen LogP contribution in [0.5, 0.6) is 5.75 Å². The van der Waals surface area contributed by atoms with E-state index >= 15 is 0 Å². The highest BCUT2D eigenvalue weighted by atomic mass is 79.9. The summed E-state index contributed by atoms with van der Waals surface area (Å²) in [5.74, 6) is 0.366. The third-order valence-corrected chi connectivity index (χ3v) is 3.93. The van der Waals surface area contributed by atoms with Gasteiger partial charge in [0.2, 0.25) is 0 Å². The second-order valence-corrected chi connectivity index (χ2v) is 6.25. The van der Waals surface area contributed by atoms with Gasteiger partial charge < -0.3 is 15.8 Å². The zero-order chi connectivity index (χ0) is 15.4. The third-order valence-electron chi connectivity index (χ3n) is 2.82. The van der Waals surface area contributed by atoms with Crippen LogP contribution < -0.4 is 15.8 Å². The average Bonchev–Trinajstić information content (AvgIpc) is 2.42. The molecule has 0 spiro atoms. The van der Waals surface area contributed by atoms with Crippen LogP contribution in [0.3, 0.4) is 0 Å². The fourth-order valence-electron chi connectivity index (χ4n) is 1.65. The van der Waals surface area contributed by atoms with Gasteiger partial charge in [-0.2, -0.15) is 0 Å². The van der Waals surface area contributed by atoms with Crippen LogP contribution in [0, 0.1) is 6.92 Å². The quantitative estimate of drug-likeness (QED) is 0.741. The van der Waals surface area contributed by atoms with Gasteiger partial charge in [-0.1, -0.05) is 22.0 Å². The highest BCUT2D eigenvalue weighted by Gasteiger charge is 2.07. The summed E-state index contributed by atoms with van der Waals surface area (Å²) in [6.45, 7) is 1.84. The van der Waals surface area contributed by atoms with E-state index in [1.807, 2.05) is 25.1 Å². The van der Waals surface area contributed by atoms with Gasteiger partial charge in [0, 0.05) is 15.8 Å². The minimum Gasteiger partial charge on any atom is -0.483 e. The SMILES string of the molecule is Cc1ccc(NC(=O)COc2ccc(Br)cc2Br)cc1N. The Bertz CT molecular complexity index is 675. The Balaban J connectivity index is 1.94. The molecule has 0 radical (unpaired) electrons. The lowest BCUT2D eigenvalue weighted by Gasteiger charge is -2.10. The first-order valence-electron chi connectivity index (χ1n) is 6.19. The molecule has 6 heteroatoms. The summed E-state index contributed by atoms with van der Waals surface area (Å²) in [7, 11) is 0. The fraction of sp³-hybridized carbons (Fsp3) is 0.133. The van der Waals surface area contributed by atoms with Gasteiger partial charge in [0.25, 0.3) is 5.91 Å². The number of nitrogens with one attached hydrogen (secondary N) is 1. The van der Waals surface area contributed by atoms with Gasteiger partial charge in [0.15, 0.2) is 6.61 Å². The number of nitrogens with two attached hydrogens (primary N) is 1. The van der Waals surface area contributed by atoms with Gasteiger partial charge in [-0.25, -0.2) is 0 Å². The van der Waals surface area contributed by atoms with Gasteiger partial charge in [0.05, 0.1) is 4.47 Å². The van der Waals surface area contributed by atoms with Gasteiger partial charge in [-0.05, 0) is 58.7 Å². The maximum atomic E-state index is 11.9. The van der Waals surface area contributed by atoms with Crippen molar-refractivity contribution in [2.24, 2.45) is 0 Å². The van der Waals surface area contributed by atoms with Crippen LogP contribution in [0.1, 0.15) is 5.56 Å². The van der Waals surface area contributed by atoms with E-state index in [0.29, 0.717) is 17.1 Å². The van der Waals surface area contributed by atoms with Gasteiger partial charge >= 0.3 is 0 Å². The second kappa shape index (κ2) is 6.95. The molecule has 0 heterocycles. The average molecular weight is 414 g/mol. The number of anilines is 2. The Morgan fingerprint density at radius 1 is 1.24 bits per heavy atom. The summed E-state index contributed by atoms with van der Waals surface area (Å²) in [5, 5.41) is 2.74. The van der Waals surface area contributed by atoms with Crippen LogP contribution in [0.25, 0.3) is 0 Å². The molecule has 0 aliphatic rings. The molecule has 0 aromatic heterocycles. The molecule has 21 heavy (non-hydrogen) atoms. The molecule has 2 rings (SSSR count). The predicted molar refractivity (Wildman–Crippen MR) is 91.6 cm³/mol. The number of carbonyl (C=O) groups excluding carboxylic acids is 1. The highest BCUT2D eigenvalue weighted by molar-refractivity contribution is 9.11. The number of hydrogen-bond acceptors (Lipinski definition) is 3. The molecule has 110 valence electrons. The number of benzene rings is 2. The number of aryl methyl sites for hydroxylation is 1. The normalized spacial score (nSPS) is 10.2. The van der Waals surface area contributed by atoms with Gasteiger partial charge in [-0.3, -0.25) is 4.79 Å². The molecular formula is C15H14Br2N2O2. The van der Waals surface area contributed by atoms with Crippen molar-refractivity contribution in [1.29, 1.82) is 0 Å². The number of ether oxygens (including phenoxy) is 1. The van der Waals surface area contributed by atoms with Crippen LogP contribution in [0.2, 0.25) is 0 Å². The summed E-state index contributed by atoms with van der Waals surface area (Å²) in [6.07, 6.45) is 0. The van der Waals surface area contributed by atoms with Crippen molar-refractivity contribution in [2.75, 3.05) is 17.7 Å². The lowest BCUT2D eigenvalue weighted by atomic mass is 10.2. The van der Waals surface area contributed by atoms with Crippen molar-refractivity contribution in [3.63, 3.8) is 0 Å². The summed E-state index contributed by atoms with van der Waals surface area (Å²) in [6, 6.07) is 10.9. The lowest BCUT2D eigenvalue weighted by Crippen LogP contribution is -2.20. The highest BCUT2D eigenvalue weighted by Crippen LogP contribution is 2.28. The van der Waals surface area contributed by atoms with Crippen molar-refractivity contribution >= 4 is 49.1 Å². The summed E-state index contributed by atoms with van der Waals surface area (Å²) >= 11 is 6.73. The first-order valence-corrected chi connectivity index (χ1v) is 7.78. The van der Waals surface area contributed by atoms with Crippen LogP contribution >= 0.6 is 31.9 Å². The Morgan fingerprint density at radius 2 is 2.00 bits per heavy atom. The van der Waals surface area contributed by atoms with E-state index in [1.54, 1.807) is 18.2 Å². The molecule has 2 aromatic rings. The number of hydrogen-bond donors (Lipinski definition) is 2. The minimum absolute atomic E-state index is 0.0754. The minimum atomic E-state index is -0.243. The maximum absolute atomic E-state index is 11.9. The van der Waals surface area contributed by atoms with Crippen LogP contribution in [-0.2, 0) is 4.79 Å². The number of halogens is 2. The molecule has 4 nitrogen and oxygen atoms in total. The fourth-order valence-corrected chi connectivity index (χ4v) is 2.81. The molecule has 2 aromatic carbocycles. The Hall–Kier alpha value is -1.53. The first kappa shape index (κ1) is 15.9. The molecule has 0 bridgehead atoms. The Labute approximate surface area is 139 Å². The van der Waals surface area contributed by atoms with Crippen molar-refractivity contribution in [3.05, 3.63) is 50.9 Å². The number of rotatable bonds is 4. The first-order chi connectivity index (χ1) is 9.95. The monoisotopic (exact) mass is 412 g/mol. The van der Waals surface area contributed by atoms with Crippen LogP contribution in [-0.4, -0.2) is 12.5 Å². The van der Waals surface area contributed by atoms with Crippen LogP contribution in [0.15, 0.2) is 45.3 Å². The molecule has 0 unspecified atom stereocenters. The number of nitrogen functional groups attached to an aromatic ring is 1. The molecule has 0 saturated heterocycles. The van der Waals surface area contributed by atoms with E-state index in [0.717, 1.165) is 14.5 Å². The van der Waals surface area contributed by atoms with E-state index in [-0.39, 0.29) is 12.5 Å². The van der Waals surface area contributed by atoms with Crippen molar-refractivity contribution in [2.45, 2.75) is 6.92 Å². The molecular weight excluding hydrogens is 400 g/mol. The van der Waals surface area contributed by atoms with Crippen molar-refractivity contribution < 1.29 is 9.53 Å². The molecule has 0 aliphatic carbocycles. The smallest absolute Gasteiger partial charge is 0.262 e. The standard InChI is InChI=1S/C15H14Br2N2O2/c1-9-2-4-11(7-13(9)18)19-15(20)8-21-14-5-3-10(16)6-12(14)17/h2-7H,8,18H2,1H3,(H,19,20). The molecule has 0 saturated carbocycles. The molecule has 0 atom stereocenters. The zero-order valence-electron chi connectivity index (χ0n) is 11.3. The predicted octanol–water partition coefficient (Wildman–Crippen LogP) is 4.12. The number of amides is 1. The Morgan fingerprint density at radius 3 is 2.67 bits per heavy atom. The van der Waals surface area contributed by atoms with E-state index < -0.39 is 0 Å². The van der Waals surface area contributed by atoms with E-state index in [9.17, 15) is 4.79 Å². The lowest BCUT2D eigenvalue weighted by molar-refractivity contribution is -0.118. The van der Waals surface area contributed by atoms with Crippen molar-refractivity contribution in [1.82, 2.24) is 0 Å². The van der Waals surface area contributed by atoms with Crippen molar-refractivity contribution in [3.8, 4) is 5.75 Å². The third kappa shape index (κ3) is 4.47. The second-order valence-electron chi connectivity index (χ2n) is 4.48. The molecule has 0 fully saturated rings. The maximum Gasteiger partial charge on any atom is 0.262 e. The Kier molecular flexibility index (Phi) is 5.25. The summed E-state index contributed by atoms with van der Waals surface area (Å²) in [4.78, 5) is 11.9. The molecule has 0 aliphatic heterocycles. The van der Waals surface area contributed by atoms with E-state index in [1.165, 1.54) is 0 Å².